The molecule has 12 heteroatoms. The van der Waals surface area contributed by atoms with Gasteiger partial charge in [-0.3, -0.25) is 14.5 Å². The van der Waals surface area contributed by atoms with Crippen molar-refractivity contribution in [3.8, 4) is 5.75 Å². The van der Waals surface area contributed by atoms with Crippen LogP contribution in [-0.2, 0) is 25.5 Å². The van der Waals surface area contributed by atoms with Crippen LogP contribution in [0.5, 0.6) is 5.75 Å². The Hall–Kier alpha value is -3.77. The monoisotopic (exact) mass is 860 g/mol. The highest BCUT2D eigenvalue weighted by atomic mass is 16.5. The number of likely N-dealkylation sites (N-methyl/N-ethyl adjacent to an activating group) is 3. The highest BCUT2D eigenvalue weighted by Crippen LogP contribution is 2.27. The second kappa shape index (κ2) is 37.9. The predicted molar refractivity (Wildman–Crippen MR) is 255 cm³/mol. The van der Waals surface area contributed by atoms with E-state index in [2.05, 4.69) is 74.3 Å². The summed E-state index contributed by atoms with van der Waals surface area (Å²) in [5.41, 5.74) is 2.03. The number of ether oxygens (including phenoxy) is 1. The first-order valence-electron chi connectivity index (χ1n) is 23.4. The lowest BCUT2D eigenvalue weighted by atomic mass is 9.94. The van der Waals surface area contributed by atoms with E-state index < -0.39 is 6.09 Å². The number of carbonyl (C=O) groups excluding carboxylic acids is 4. The maximum atomic E-state index is 12.1. The topological polar surface area (TPSA) is 170 Å². The summed E-state index contributed by atoms with van der Waals surface area (Å²) in [7, 11) is 5.53. The third-order valence-electron chi connectivity index (χ3n) is 10.4. The Kier molecular flexibility index (Phi) is 36.9. The minimum Gasteiger partial charge on any atom is -0.508 e. The van der Waals surface area contributed by atoms with Crippen molar-refractivity contribution in [2.24, 2.45) is 17.8 Å². The van der Waals surface area contributed by atoms with Gasteiger partial charge in [-0.05, 0) is 95.5 Å². The van der Waals surface area contributed by atoms with Gasteiger partial charge in [-0.1, -0.05) is 120 Å². The number of rotatable bonds is 19. The van der Waals surface area contributed by atoms with Gasteiger partial charge in [-0.2, -0.15) is 0 Å². The zero-order chi connectivity index (χ0) is 46.6. The number of fused-ring (bicyclic) bond motifs is 1. The van der Waals surface area contributed by atoms with Crippen LogP contribution in [0.4, 0.5) is 4.79 Å². The summed E-state index contributed by atoms with van der Waals surface area (Å²) in [6.45, 7) is 20.3. The SMILES string of the molecule is CC1CC1.CCC.CCCCC.CCCCCC[C@H](C)C(NC)C(=O)NC.CN1CCCC1C=O.Cc1cc(=O)c2cc(CCCC(C)COC(=O)NCC=O)c(O)cc2[nH]1. The number of pyridine rings is 1. The molecule has 4 rings (SSSR count). The molecule has 2 aromatic rings. The summed E-state index contributed by atoms with van der Waals surface area (Å²) >= 11 is 0. The van der Waals surface area contributed by atoms with E-state index in [1.165, 1.54) is 76.7 Å². The van der Waals surface area contributed by atoms with Crippen LogP contribution in [0.2, 0.25) is 0 Å². The van der Waals surface area contributed by atoms with Gasteiger partial charge in [0.25, 0.3) is 0 Å². The summed E-state index contributed by atoms with van der Waals surface area (Å²) in [4.78, 5) is 60.4. The second-order valence-electron chi connectivity index (χ2n) is 16.8. The second-order valence-corrected chi connectivity index (χ2v) is 16.8. The fourth-order valence-corrected chi connectivity index (χ4v) is 6.30. The molecule has 1 aromatic heterocycles. The molecule has 3 unspecified atom stereocenters. The van der Waals surface area contributed by atoms with Crippen molar-refractivity contribution in [3.05, 3.63) is 39.7 Å². The molecule has 1 saturated carbocycles. The zero-order valence-electron chi connectivity index (χ0n) is 40.6. The molecule has 61 heavy (non-hydrogen) atoms. The van der Waals surface area contributed by atoms with E-state index in [0.717, 1.165) is 55.7 Å². The Balaban J connectivity index is 0. The summed E-state index contributed by atoms with van der Waals surface area (Å²) in [6, 6.07) is 5.03. The molecule has 1 saturated heterocycles. The molecule has 2 amide bonds. The van der Waals surface area contributed by atoms with Crippen molar-refractivity contribution in [2.45, 2.75) is 177 Å². The molecule has 0 bridgehead atoms. The lowest BCUT2D eigenvalue weighted by Crippen LogP contribution is -2.45. The van der Waals surface area contributed by atoms with Gasteiger partial charge in [0.1, 0.15) is 18.3 Å². The number of phenols is 1. The first-order chi connectivity index (χ1) is 29.1. The number of likely N-dealkylation sites (tertiary alicyclic amines) is 1. The van der Waals surface area contributed by atoms with E-state index in [1.54, 1.807) is 26.1 Å². The molecule has 2 heterocycles. The molecule has 5 N–H and O–H groups in total. The largest absolute Gasteiger partial charge is 0.508 e. The highest BCUT2D eigenvalue weighted by molar-refractivity contribution is 5.82. The van der Waals surface area contributed by atoms with Crippen molar-refractivity contribution < 1.29 is 29.0 Å². The predicted octanol–water partition coefficient (Wildman–Crippen LogP) is 9.66. The number of hydrogen-bond donors (Lipinski definition) is 5. The number of aromatic amines is 1. The number of carbonyl (C=O) groups is 4. The maximum absolute atomic E-state index is 12.1. The van der Waals surface area contributed by atoms with Crippen LogP contribution < -0.4 is 21.4 Å². The number of hydrogen-bond acceptors (Lipinski definition) is 9. The van der Waals surface area contributed by atoms with Crippen LogP contribution in [0.15, 0.2) is 23.0 Å². The van der Waals surface area contributed by atoms with Gasteiger partial charge < -0.3 is 40.4 Å². The van der Waals surface area contributed by atoms with Crippen LogP contribution in [0.3, 0.4) is 0 Å². The first kappa shape index (κ1) is 59.3. The van der Waals surface area contributed by atoms with Gasteiger partial charge in [0.15, 0.2) is 5.43 Å². The van der Waals surface area contributed by atoms with E-state index >= 15 is 0 Å². The van der Waals surface area contributed by atoms with Crippen LogP contribution in [0, 0.1) is 24.7 Å². The van der Waals surface area contributed by atoms with Gasteiger partial charge >= 0.3 is 6.09 Å². The minimum absolute atomic E-state index is 0.0448. The summed E-state index contributed by atoms with van der Waals surface area (Å²) < 4.78 is 5.01. The van der Waals surface area contributed by atoms with Crippen LogP contribution in [-0.4, -0.2) is 92.5 Å². The Labute approximate surface area is 370 Å². The van der Waals surface area contributed by atoms with E-state index in [-0.39, 0.29) is 48.2 Å². The molecule has 352 valence electrons. The number of aldehydes is 2. The molecule has 2 fully saturated rings. The number of unbranched alkanes of at least 4 members (excludes halogenated alkanes) is 5. The maximum Gasteiger partial charge on any atom is 0.407 e. The van der Waals surface area contributed by atoms with Gasteiger partial charge in [0.2, 0.25) is 5.91 Å². The summed E-state index contributed by atoms with van der Waals surface area (Å²) in [5, 5.41) is 18.8. The molecular formula is C49H89N5O7. The summed E-state index contributed by atoms with van der Waals surface area (Å²) in [5.74, 6) is 1.90. The minimum atomic E-state index is -0.606. The fraction of sp³-hybridized carbons (Fsp3) is 0.735. The van der Waals surface area contributed by atoms with Gasteiger partial charge in [0, 0.05) is 30.3 Å². The fourth-order valence-electron chi connectivity index (χ4n) is 6.30. The van der Waals surface area contributed by atoms with Crippen molar-refractivity contribution in [1.29, 1.82) is 0 Å². The van der Waals surface area contributed by atoms with Gasteiger partial charge in [0.05, 0.1) is 30.8 Å². The van der Waals surface area contributed by atoms with E-state index in [1.807, 2.05) is 21.0 Å². The van der Waals surface area contributed by atoms with E-state index in [0.29, 0.717) is 29.5 Å². The quantitative estimate of drug-likeness (QED) is 0.0682. The molecule has 12 nitrogen and oxygen atoms in total. The molecule has 1 aliphatic heterocycles. The standard InChI is InChI=1S/C19H24N2O5.C12H26N2O.C6H11NO.C5H12.C4H8.C3H8/c1-12(11-26-19(25)20-6-7-22)4-3-5-14-9-15-16(10-17(14)23)21-13(2)8-18(15)24;1-5-6-7-8-9-10(2)11(13-3)12(15)14-4;1-7-4-2-3-6(7)5-8;1-3-5-4-2;1-4-2-3-4;1-3-2/h7-10,12,23H,3-6,11H2,1-2H3,(H,20,25)(H,21,24);10-11,13H,5-9H2,1-4H3,(H,14,15);5-6H,2-4H2,1H3;3-5H2,1-2H3;4H,2-3H2,1H3;3H2,1-2H3/t;10-,11?;;;;/m.0..../s1. The van der Waals surface area contributed by atoms with Crippen molar-refractivity contribution in [3.63, 3.8) is 0 Å². The third-order valence-corrected chi connectivity index (χ3v) is 10.4. The molecular weight excluding hydrogens is 771 g/mol. The number of nitrogens with zero attached hydrogens (tertiary/aromatic N) is 1. The van der Waals surface area contributed by atoms with E-state index in [9.17, 15) is 29.1 Å². The molecule has 0 radical (unpaired) electrons. The van der Waals surface area contributed by atoms with Crippen molar-refractivity contribution in [1.82, 2.24) is 25.8 Å². The number of phenolic OH excluding ortho intramolecular Hbond substituents is 1. The number of aryl methyl sites for hydroxylation is 2. The average molecular weight is 860 g/mol. The number of H-pyrrole nitrogens is 1. The number of aromatic hydroxyl groups is 1. The van der Waals surface area contributed by atoms with Crippen molar-refractivity contribution in [2.75, 3.05) is 40.8 Å². The van der Waals surface area contributed by atoms with Gasteiger partial charge in [-0.25, -0.2) is 4.79 Å². The summed E-state index contributed by atoms with van der Waals surface area (Å²) in [6.07, 6.45) is 19.9. The first-order valence-corrected chi connectivity index (χ1v) is 23.4. The average Bonchev–Trinajstić information content (AvgIpc) is 3.91. The Bertz CT molecular complexity index is 1490. The van der Waals surface area contributed by atoms with Crippen molar-refractivity contribution >= 4 is 35.5 Å². The smallest absolute Gasteiger partial charge is 0.407 e. The van der Waals surface area contributed by atoms with Crippen LogP contribution in [0.1, 0.15) is 163 Å². The molecule has 1 aliphatic carbocycles. The Morgan fingerprint density at radius 2 is 1.56 bits per heavy atom. The van der Waals surface area contributed by atoms with E-state index in [4.69, 9.17) is 4.74 Å². The highest BCUT2D eigenvalue weighted by Gasteiger charge is 2.21. The lowest BCUT2D eigenvalue weighted by molar-refractivity contribution is -0.123. The molecule has 4 atom stereocenters. The number of amides is 2. The lowest BCUT2D eigenvalue weighted by Gasteiger charge is -2.21. The molecule has 2 aliphatic rings. The Morgan fingerprint density at radius 1 is 0.934 bits per heavy atom. The number of aromatic nitrogens is 1. The van der Waals surface area contributed by atoms with Crippen LogP contribution >= 0.6 is 0 Å². The number of alkyl carbamates (subject to hydrolysis) is 1. The molecule has 0 spiro atoms. The van der Waals surface area contributed by atoms with Crippen LogP contribution in [0.25, 0.3) is 10.9 Å². The van der Waals surface area contributed by atoms with Gasteiger partial charge in [-0.15, -0.1) is 0 Å². The zero-order valence-corrected chi connectivity index (χ0v) is 40.6. The Morgan fingerprint density at radius 3 is 2.02 bits per heavy atom. The normalized spacial score (nSPS) is 15.4. The number of benzene rings is 1. The molecule has 1 aromatic carbocycles. The third kappa shape index (κ3) is 30.0. The number of nitrogens with one attached hydrogen (secondary N) is 4.